The fourth-order valence-electron chi connectivity index (χ4n) is 3.98. The highest BCUT2D eigenvalue weighted by Gasteiger charge is 2.29. The molecule has 4 rings (SSSR count). The van der Waals surface area contributed by atoms with Gasteiger partial charge in [0.15, 0.2) is 0 Å². The predicted molar refractivity (Wildman–Crippen MR) is 132 cm³/mol. The molecule has 0 unspecified atom stereocenters. The van der Waals surface area contributed by atoms with Gasteiger partial charge in [0.25, 0.3) is 11.8 Å². The largest absolute Gasteiger partial charge is 0.480 e. The van der Waals surface area contributed by atoms with Crippen LogP contribution < -0.4 is 10.6 Å². The number of aliphatic imine (C=N–C) groups is 1. The van der Waals surface area contributed by atoms with Gasteiger partial charge in [0, 0.05) is 30.6 Å². The van der Waals surface area contributed by atoms with E-state index in [1.54, 1.807) is 29.4 Å². The monoisotopic (exact) mass is 527 g/mol. The lowest BCUT2D eigenvalue weighted by atomic mass is 9.96. The summed E-state index contributed by atoms with van der Waals surface area (Å²) in [6.07, 6.45) is 4.49. The van der Waals surface area contributed by atoms with Gasteiger partial charge < -0.3 is 25.1 Å². The fourth-order valence-corrected chi connectivity index (χ4v) is 4.74. The quantitative estimate of drug-likeness (QED) is 0.242. The minimum atomic E-state index is -1.33. The highest BCUT2D eigenvalue weighted by molar-refractivity contribution is 6.40. The fraction of sp³-hybridized carbons (Fsp3) is 0.208. The molecule has 1 atom stereocenters. The molecule has 0 spiro atoms. The lowest BCUT2D eigenvalue weighted by molar-refractivity contribution is -0.139. The number of hydrogen-bond donors (Lipinski definition) is 3. The predicted octanol–water partition coefficient (Wildman–Crippen LogP) is 3.22. The van der Waals surface area contributed by atoms with Crippen LogP contribution >= 0.6 is 23.2 Å². The summed E-state index contributed by atoms with van der Waals surface area (Å²) in [5.74, 6) is -2.23. The summed E-state index contributed by atoms with van der Waals surface area (Å²) in [7, 11) is 0. The van der Waals surface area contributed by atoms with E-state index in [1.165, 1.54) is 6.19 Å². The second kappa shape index (κ2) is 10.7. The summed E-state index contributed by atoms with van der Waals surface area (Å²) in [5.41, 5.74) is 2.43. The standard InChI is InChI=1S/C24H19Cl2N5O5/c25-17-7-15-10-31(23(33)14-2-1-13-4-6-36-19(13)8-14)5-3-16(15)21(26)20(17)22(32)30-18(24(34)35)9-28-12-29-11-27/h1-2,4,6-8,12,18H,3,5,9-10H2,(H,28,29)(H,30,32)(H,34,35)/t18-/m0/s1. The number of nitriles is 1. The number of halogens is 2. The van der Waals surface area contributed by atoms with Crippen molar-refractivity contribution in [3.8, 4) is 6.19 Å². The maximum absolute atomic E-state index is 13.1. The Bertz CT molecular complexity index is 1430. The summed E-state index contributed by atoms with van der Waals surface area (Å²) < 4.78 is 5.39. The number of amides is 2. The number of carboxylic acids is 1. The molecule has 1 aromatic heterocycles. The van der Waals surface area contributed by atoms with E-state index >= 15 is 0 Å². The zero-order chi connectivity index (χ0) is 25.8. The van der Waals surface area contributed by atoms with Crippen molar-refractivity contribution < 1.29 is 23.9 Å². The lowest BCUT2D eigenvalue weighted by Crippen LogP contribution is -2.47. The Morgan fingerprint density at radius 3 is 2.83 bits per heavy atom. The van der Waals surface area contributed by atoms with Crippen LogP contribution in [0, 0.1) is 11.5 Å². The van der Waals surface area contributed by atoms with E-state index in [0.29, 0.717) is 35.2 Å². The highest BCUT2D eigenvalue weighted by atomic mass is 35.5. The molecule has 3 N–H and O–H groups in total. The summed E-state index contributed by atoms with van der Waals surface area (Å²) in [4.78, 5) is 42.4. The first-order chi connectivity index (χ1) is 17.3. The molecule has 2 heterocycles. The Morgan fingerprint density at radius 1 is 1.28 bits per heavy atom. The van der Waals surface area contributed by atoms with Crippen LogP contribution in [0.4, 0.5) is 0 Å². The number of aliphatic carboxylic acids is 1. The zero-order valence-corrected chi connectivity index (χ0v) is 20.1. The van der Waals surface area contributed by atoms with Gasteiger partial charge in [-0.1, -0.05) is 29.3 Å². The molecular formula is C24H19Cl2N5O5. The van der Waals surface area contributed by atoms with Gasteiger partial charge in [-0.15, -0.1) is 0 Å². The van der Waals surface area contributed by atoms with Gasteiger partial charge in [-0.05, 0) is 41.8 Å². The first-order valence-corrected chi connectivity index (χ1v) is 11.5. The van der Waals surface area contributed by atoms with Crippen LogP contribution in [0.3, 0.4) is 0 Å². The minimum absolute atomic E-state index is 0.0331. The number of carboxylic acid groups (broad SMARTS) is 1. The number of carbonyl (C=O) groups excluding carboxylic acids is 2. The average molecular weight is 528 g/mol. The number of furan rings is 1. The molecule has 0 fully saturated rings. The molecule has 1 aliphatic rings. The number of nitrogens with one attached hydrogen (secondary N) is 2. The van der Waals surface area contributed by atoms with Crippen molar-refractivity contribution in [3.05, 3.63) is 68.9 Å². The Balaban J connectivity index is 1.52. The van der Waals surface area contributed by atoms with Crippen LogP contribution in [0.5, 0.6) is 0 Å². The molecule has 0 saturated heterocycles. The smallest absolute Gasteiger partial charge is 0.328 e. The van der Waals surface area contributed by atoms with Crippen molar-refractivity contribution in [2.24, 2.45) is 4.99 Å². The maximum atomic E-state index is 13.1. The van der Waals surface area contributed by atoms with Crippen LogP contribution in [0.25, 0.3) is 11.0 Å². The Hall–Kier alpha value is -4.07. The van der Waals surface area contributed by atoms with Crippen molar-refractivity contribution >= 4 is 58.3 Å². The third-order valence-corrected chi connectivity index (χ3v) is 6.48. The van der Waals surface area contributed by atoms with Crippen LogP contribution in [-0.2, 0) is 17.8 Å². The van der Waals surface area contributed by atoms with Gasteiger partial charge >= 0.3 is 5.97 Å². The number of benzene rings is 2. The molecule has 0 aliphatic carbocycles. The van der Waals surface area contributed by atoms with Gasteiger partial charge in [0.05, 0.1) is 21.9 Å². The van der Waals surface area contributed by atoms with Gasteiger partial charge in [-0.25, -0.2) is 4.79 Å². The van der Waals surface area contributed by atoms with Crippen molar-refractivity contribution in [2.45, 2.75) is 19.0 Å². The molecule has 2 amide bonds. The molecule has 2 aromatic carbocycles. The number of carbonyl (C=O) groups is 3. The average Bonchev–Trinajstić information content (AvgIpc) is 3.33. The molecule has 0 bridgehead atoms. The van der Waals surface area contributed by atoms with Crippen LogP contribution in [0.15, 0.2) is 46.0 Å². The lowest BCUT2D eigenvalue weighted by Gasteiger charge is -2.30. The Kier molecular flexibility index (Phi) is 7.43. The number of hydrogen-bond acceptors (Lipinski definition) is 6. The van der Waals surface area contributed by atoms with E-state index in [4.69, 9.17) is 32.9 Å². The van der Waals surface area contributed by atoms with Crippen LogP contribution in [0.2, 0.25) is 10.0 Å². The molecule has 0 saturated carbocycles. The second-order valence-electron chi connectivity index (χ2n) is 7.97. The molecule has 36 heavy (non-hydrogen) atoms. The molecular weight excluding hydrogens is 509 g/mol. The third kappa shape index (κ3) is 5.12. The van der Waals surface area contributed by atoms with E-state index in [9.17, 15) is 19.5 Å². The second-order valence-corrected chi connectivity index (χ2v) is 8.75. The van der Waals surface area contributed by atoms with Crippen LogP contribution in [0.1, 0.15) is 31.8 Å². The van der Waals surface area contributed by atoms with E-state index in [-0.39, 0.29) is 34.6 Å². The molecule has 12 heteroatoms. The molecule has 10 nitrogen and oxygen atoms in total. The van der Waals surface area contributed by atoms with Crippen molar-refractivity contribution in [3.63, 3.8) is 0 Å². The number of nitrogens with zero attached hydrogens (tertiary/aromatic N) is 3. The van der Waals surface area contributed by atoms with Crippen molar-refractivity contribution in [1.82, 2.24) is 15.5 Å². The topological polar surface area (TPSA) is 148 Å². The van der Waals surface area contributed by atoms with E-state index in [0.717, 1.165) is 11.7 Å². The SMILES string of the molecule is N#C/N=C/NC[C@H](NC(=O)c1c(Cl)cc2c(c1Cl)CCN(C(=O)c1ccc3ccoc3c1)C2)C(=O)O. The molecule has 184 valence electrons. The van der Waals surface area contributed by atoms with E-state index < -0.39 is 17.9 Å². The van der Waals surface area contributed by atoms with E-state index in [2.05, 4.69) is 15.6 Å². The Morgan fingerprint density at radius 2 is 2.08 bits per heavy atom. The third-order valence-electron chi connectivity index (χ3n) is 5.76. The van der Waals surface area contributed by atoms with Gasteiger partial charge in [-0.2, -0.15) is 10.3 Å². The highest BCUT2D eigenvalue weighted by Crippen LogP contribution is 2.35. The first kappa shape index (κ1) is 25.0. The van der Waals surface area contributed by atoms with Crippen LogP contribution in [-0.4, -0.2) is 53.3 Å². The van der Waals surface area contributed by atoms with Crippen molar-refractivity contribution in [2.75, 3.05) is 13.1 Å². The summed E-state index contributed by atoms with van der Waals surface area (Å²) >= 11 is 12.9. The summed E-state index contributed by atoms with van der Waals surface area (Å²) in [6.45, 7) is 0.392. The Labute approximate surface area is 215 Å². The molecule has 1 aliphatic heterocycles. The summed E-state index contributed by atoms with van der Waals surface area (Å²) in [5, 5.41) is 23.7. The zero-order valence-electron chi connectivity index (χ0n) is 18.6. The maximum Gasteiger partial charge on any atom is 0.328 e. The molecule has 3 aromatic rings. The van der Waals surface area contributed by atoms with Crippen molar-refractivity contribution in [1.29, 1.82) is 5.26 Å². The van der Waals surface area contributed by atoms with Gasteiger partial charge in [-0.3, -0.25) is 9.59 Å². The molecule has 0 radical (unpaired) electrons. The minimum Gasteiger partial charge on any atom is -0.480 e. The van der Waals surface area contributed by atoms with Gasteiger partial charge in [0.1, 0.15) is 18.0 Å². The first-order valence-electron chi connectivity index (χ1n) is 10.7. The normalized spacial score (nSPS) is 13.8. The number of rotatable bonds is 7. The summed E-state index contributed by atoms with van der Waals surface area (Å²) in [6, 6.07) is 7.31. The number of fused-ring (bicyclic) bond motifs is 2. The van der Waals surface area contributed by atoms with Gasteiger partial charge in [0.2, 0.25) is 6.19 Å². The van der Waals surface area contributed by atoms with E-state index in [1.807, 2.05) is 12.1 Å².